The topological polar surface area (TPSA) is 92.3 Å². The second-order valence-corrected chi connectivity index (χ2v) is 9.59. The number of hydrogen-bond acceptors (Lipinski definition) is 4. The van der Waals surface area contributed by atoms with Gasteiger partial charge in [0.05, 0.1) is 16.3 Å². The fourth-order valence-corrected chi connectivity index (χ4v) is 4.81. The van der Waals surface area contributed by atoms with Gasteiger partial charge in [-0.05, 0) is 54.6 Å². The van der Waals surface area contributed by atoms with Gasteiger partial charge in [0.25, 0.3) is 20.0 Å². The summed E-state index contributed by atoms with van der Waals surface area (Å²) in [5, 5.41) is 0.323. The van der Waals surface area contributed by atoms with Crippen molar-refractivity contribution in [2.75, 3.05) is 9.44 Å². The van der Waals surface area contributed by atoms with Crippen LogP contribution in [-0.4, -0.2) is 16.8 Å². The van der Waals surface area contributed by atoms with Crippen LogP contribution in [0, 0.1) is 11.6 Å². The van der Waals surface area contributed by atoms with Gasteiger partial charge in [-0.3, -0.25) is 9.44 Å². The van der Waals surface area contributed by atoms with Crippen LogP contribution in [0.5, 0.6) is 0 Å². The van der Waals surface area contributed by atoms with Crippen LogP contribution in [0.15, 0.2) is 76.5 Å². The SMILES string of the molecule is O=S(=O)(Nc1cccc(Cl)c1)c1cccc(NS(=O)(=O)c2cc(F)ccc2F)c1. The molecule has 6 nitrogen and oxygen atoms in total. The number of hydrogen-bond donors (Lipinski definition) is 2. The van der Waals surface area contributed by atoms with Crippen molar-refractivity contribution < 1.29 is 25.6 Å². The van der Waals surface area contributed by atoms with E-state index in [0.29, 0.717) is 17.2 Å². The van der Waals surface area contributed by atoms with Crippen LogP contribution < -0.4 is 9.44 Å². The van der Waals surface area contributed by atoms with Crippen LogP contribution in [0.3, 0.4) is 0 Å². The lowest BCUT2D eigenvalue weighted by Crippen LogP contribution is -2.16. The molecule has 0 fully saturated rings. The van der Waals surface area contributed by atoms with E-state index >= 15 is 0 Å². The van der Waals surface area contributed by atoms with Crippen molar-refractivity contribution in [1.82, 2.24) is 0 Å². The maximum Gasteiger partial charge on any atom is 0.264 e. The molecule has 0 amide bonds. The van der Waals surface area contributed by atoms with Crippen LogP contribution in [0.4, 0.5) is 20.2 Å². The molecule has 3 rings (SSSR count). The Balaban J connectivity index is 1.90. The first-order valence-electron chi connectivity index (χ1n) is 7.93. The quantitative estimate of drug-likeness (QED) is 0.578. The van der Waals surface area contributed by atoms with E-state index in [1.807, 2.05) is 4.72 Å². The normalized spacial score (nSPS) is 11.8. The van der Waals surface area contributed by atoms with E-state index in [-0.39, 0.29) is 16.3 Å². The molecular formula is C18H13ClF2N2O4S2. The molecule has 0 spiro atoms. The van der Waals surface area contributed by atoms with Gasteiger partial charge in [0, 0.05) is 5.02 Å². The summed E-state index contributed by atoms with van der Waals surface area (Å²) in [5.41, 5.74) is 0.0629. The molecule has 29 heavy (non-hydrogen) atoms. The van der Waals surface area contributed by atoms with Crippen molar-refractivity contribution in [3.05, 3.63) is 83.4 Å². The fraction of sp³-hybridized carbons (Fsp3) is 0. The summed E-state index contributed by atoms with van der Waals surface area (Å²) in [7, 11) is -8.56. The van der Waals surface area contributed by atoms with E-state index < -0.39 is 36.6 Å². The highest BCUT2D eigenvalue weighted by Gasteiger charge is 2.21. The molecule has 0 unspecified atom stereocenters. The summed E-state index contributed by atoms with van der Waals surface area (Å²) in [5.74, 6) is -2.08. The van der Waals surface area contributed by atoms with E-state index in [2.05, 4.69) is 4.72 Å². The monoisotopic (exact) mass is 458 g/mol. The first-order valence-corrected chi connectivity index (χ1v) is 11.3. The van der Waals surface area contributed by atoms with E-state index in [1.165, 1.54) is 30.3 Å². The number of anilines is 2. The second-order valence-electron chi connectivity index (χ2n) is 5.82. The average Bonchev–Trinajstić information content (AvgIpc) is 2.63. The summed E-state index contributed by atoms with van der Waals surface area (Å²) < 4.78 is 81.3. The Morgan fingerprint density at radius 3 is 2.03 bits per heavy atom. The average molecular weight is 459 g/mol. The third-order valence-corrected chi connectivity index (χ3v) is 6.67. The van der Waals surface area contributed by atoms with Crippen LogP contribution in [-0.2, 0) is 20.0 Å². The Morgan fingerprint density at radius 2 is 1.34 bits per heavy atom. The highest BCUT2D eigenvalue weighted by atomic mass is 35.5. The zero-order valence-electron chi connectivity index (χ0n) is 14.4. The van der Waals surface area contributed by atoms with Crippen molar-refractivity contribution >= 4 is 43.0 Å². The van der Waals surface area contributed by atoms with Crippen molar-refractivity contribution in [1.29, 1.82) is 0 Å². The highest BCUT2D eigenvalue weighted by molar-refractivity contribution is 7.93. The molecule has 0 atom stereocenters. The molecule has 0 heterocycles. The third-order valence-electron chi connectivity index (χ3n) is 3.66. The van der Waals surface area contributed by atoms with Gasteiger partial charge >= 0.3 is 0 Å². The van der Waals surface area contributed by atoms with E-state index in [9.17, 15) is 25.6 Å². The van der Waals surface area contributed by atoms with Crippen molar-refractivity contribution in [2.45, 2.75) is 9.79 Å². The lowest BCUT2D eigenvalue weighted by atomic mass is 10.3. The van der Waals surface area contributed by atoms with Crippen molar-refractivity contribution in [3.8, 4) is 0 Å². The number of halogens is 3. The molecule has 0 saturated heterocycles. The Kier molecular flexibility index (Phi) is 5.78. The Morgan fingerprint density at radius 1 is 0.724 bits per heavy atom. The van der Waals surface area contributed by atoms with Gasteiger partial charge in [-0.1, -0.05) is 23.7 Å². The van der Waals surface area contributed by atoms with Crippen LogP contribution >= 0.6 is 11.6 Å². The molecule has 0 saturated carbocycles. The fourth-order valence-electron chi connectivity index (χ4n) is 2.39. The van der Waals surface area contributed by atoms with Gasteiger partial charge in [0.15, 0.2) is 0 Å². The molecule has 0 bridgehead atoms. The molecule has 11 heteroatoms. The predicted octanol–water partition coefficient (Wildman–Crippen LogP) is 4.22. The smallest absolute Gasteiger partial charge is 0.264 e. The van der Waals surface area contributed by atoms with Gasteiger partial charge in [0.2, 0.25) is 0 Å². The molecule has 0 aliphatic carbocycles. The number of sulfonamides is 2. The van der Waals surface area contributed by atoms with Gasteiger partial charge in [-0.15, -0.1) is 0 Å². The standard InChI is InChI=1S/C18H13ClF2N2O4S2/c19-12-3-1-4-14(9-12)22-28(24,25)16-6-2-5-15(11-16)23-29(26,27)18-10-13(20)7-8-17(18)21/h1-11,22-23H. The zero-order valence-corrected chi connectivity index (χ0v) is 16.8. The molecule has 0 aromatic heterocycles. The molecular weight excluding hydrogens is 446 g/mol. The van der Waals surface area contributed by atoms with Crippen molar-refractivity contribution in [3.63, 3.8) is 0 Å². The Labute approximate surface area is 171 Å². The maximum atomic E-state index is 13.8. The van der Waals surface area contributed by atoms with Gasteiger partial charge in [-0.25, -0.2) is 25.6 Å². The Hall–Kier alpha value is -2.69. The Bertz CT molecular complexity index is 1280. The molecule has 3 aromatic carbocycles. The molecule has 3 aromatic rings. The number of rotatable bonds is 6. The first kappa shape index (κ1) is 21.0. The molecule has 0 radical (unpaired) electrons. The summed E-state index contributed by atoms with van der Waals surface area (Å²) >= 11 is 5.83. The second kappa shape index (κ2) is 7.97. The van der Waals surface area contributed by atoms with Crippen molar-refractivity contribution in [2.24, 2.45) is 0 Å². The predicted molar refractivity (Wildman–Crippen MR) is 106 cm³/mol. The number of nitrogens with one attached hydrogen (secondary N) is 2. The van der Waals surface area contributed by atoms with E-state index in [4.69, 9.17) is 11.6 Å². The molecule has 152 valence electrons. The molecule has 0 aliphatic heterocycles. The largest absolute Gasteiger partial charge is 0.280 e. The number of benzene rings is 3. The summed E-state index contributed by atoms with van der Waals surface area (Å²) in [6, 6.07) is 12.9. The third kappa shape index (κ3) is 5.03. The van der Waals surface area contributed by atoms with Gasteiger partial charge in [0.1, 0.15) is 16.5 Å². The van der Waals surface area contributed by atoms with E-state index in [0.717, 1.165) is 12.1 Å². The minimum atomic E-state index is -4.49. The highest BCUT2D eigenvalue weighted by Crippen LogP contribution is 2.24. The minimum Gasteiger partial charge on any atom is -0.280 e. The molecule has 2 N–H and O–H groups in total. The van der Waals surface area contributed by atoms with Crippen LogP contribution in [0.2, 0.25) is 5.02 Å². The summed E-state index contributed by atoms with van der Waals surface area (Å²) in [6.07, 6.45) is 0. The van der Waals surface area contributed by atoms with E-state index in [1.54, 1.807) is 12.1 Å². The van der Waals surface area contributed by atoms with Gasteiger partial charge < -0.3 is 0 Å². The maximum absolute atomic E-state index is 13.8. The lowest BCUT2D eigenvalue weighted by Gasteiger charge is -2.12. The van der Waals surface area contributed by atoms with Gasteiger partial charge in [-0.2, -0.15) is 0 Å². The summed E-state index contributed by atoms with van der Waals surface area (Å²) in [6.45, 7) is 0. The summed E-state index contributed by atoms with van der Waals surface area (Å²) in [4.78, 5) is -1.15. The minimum absolute atomic E-state index is 0.150. The zero-order chi connectivity index (χ0) is 21.2. The molecule has 0 aliphatic rings. The first-order chi connectivity index (χ1) is 13.6. The lowest BCUT2D eigenvalue weighted by molar-refractivity contribution is 0.555. The van der Waals surface area contributed by atoms with Crippen LogP contribution in [0.1, 0.15) is 0 Å². The van der Waals surface area contributed by atoms with Crippen LogP contribution in [0.25, 0.3) is 0 Å².